The minimum atomic E-state index is -1.39. The number of ether oxygens (including phenoxy) is 1. The van der Waals surface area contributed by atoms with Gasteiger partial charge in [-0.15, -0.1) is 0 Å². The first-order valence-corrected chi connectivity index (χ1v) is 3.60. The molecule has 0 aromatic rings. The lowest BCUT2D eigenvalue weighted by atomic mass is 10.0. The zero-order chi connectivity index (χ0) is 10.4. The van der Waals surface area contributed by atoms with Crippen LogP contribution in [0.5, 0.6) is 0 Å². The van der Waals surface area contributed by atoms with Crippen molar-refractivity contribution in [3.63, 3.8) is 0 Å². The number of rotatable bonds is 5. The number of hydrogen-bond donors (Lipinski definition) is 4. The van der Waals surface area contributed by atoms with Crippen molar-refractivity contribution >= 4 is 0 Å². The number of methoxy groups -OCH3 is 1. The highest BCUT2D eigenvalue weighted by atomic mass is 16.5. The molecule has 0 heterocycles. The summed E-state index contributed by atoms with van der Waals surface area (Å²) < 4.78 is 11.3. The van der Waals surface area contributed by atoms with Crippen LogP contribution in [-0.4, -0.2) is 58.5 Å². The predicted molar refractivity (Wildman–Crippen MR) is 41.6 cm³/mol. The molecule has 12 heavy (non-hydrogen) atoms. The molecule has 5 nitrogen and oxygen atoms in total. The molecule has 0 aromatic carbocycles. The van der Waals surface area contributed by atoms with Gasteiger partial charge in [0.25, 0.3) is 0 Å². The zero-order valence-electron chi connectivity index (χ0n) is 7.92. The van der Waals surface area contributed by atoms with Crippen LogP contribution in [-0.2, 0) is 4.74 Å². The van der Waals surface area contributed by atoms with Crippen LogP contribution in [0, 0.1) is 0 Å². The Labute approximate surface area is 72.6 Å². The minimum absolute atomic E-state index is 0.422. The molecular weight excluding hydrogens is 164 g/mol. The summed E-state index contributed by atoms with van der Waals surface area (Å²) in [5.41, 5.74) is 0. The van der Waals surface area contributed by atoms with E-state index in [1.807, 2.05) is 0 Å². The quantitative estimate of drug-likeness (QED) is 0.397. The first-order chi connectivity index (χ1) is 6.04. The average Bonchev–Trinajstić information content (AvgIpc) is 2.11. The third-order valence-electron chi connectivity index (χ3n) is 1.62. The maximum Gasteiger partial charge on any atom is 0.111 e. The standard InChI is InChI=1S/C7H16O5/c1-4(9)6(10)7(11)5(3-8)12-2/h4-11H,3H2,1-2H3/t4-,5+,6+,7-/m0/s1/i2D. The van der Waals surface area contributed by atoms with E-state index in [2.05, 4.69) is 4.74 Å². The Kier molecular flexibility index (Phi) is 4.49. The minimum Gasteiger partial charge on any atom is -0.394 e. The monoisotopic (exact) mass is 181 g/mol. The van der Waals surface area contributed by atoms with Gasteiger partial charge in [0, 0.05) is 7.09 Å². The number of aliphatic hydroxyl groups is 4. The lowest BCUT2D eigenvalue weighted by Crippen LogP contribution is -2.45. The third kappa shape index (κ3) is 3.04. The Bertz CT molecular complexity index is 132. The van der Waals surface area contributed by atoms with Crippen LogP contribution >= 0.6 is 0 Å². The van der Waals surface area contributed by atoms with Crippen molar-refractivity contribution < 1.29 is 26.5 Å². The van der Waals surface area contributed by atoms with Crippen molar-refractivity contribution in [1.29, 1.82) is 0 Å². The van der Waals surface area contributed by atoms with E-state index in [0.717, 1.165) is 0 Å². The highest BCUT2D eigenvalue weighted by Crippen LogP contribution is 2.06. The molecule has 0 amide bonds. The van der Waals surface area contributed by atoms with Crippen molar-refractivity contribution in [3.8, 4) is 0 Å². The summed E-state index contributed by atoms with van der Waals surface area (Å²) in [6.45, 7) is 0.798. The molecule has 0 rings (SSSR count). The summed E-state index contributed by atoms with van der Waals surface area (Å²) in [4.78, 5) is 0. The topological polar surface area (TPSA) is 90.2 Å². The van der Waals surface area contributed by atoms with E-state index in [-0.39, 0.29) is 0 Å². The predicted octanol–water partition coefficient (Wildman–Crippen LogP) is -1.90. The Hall–Kier alpha value is -0.200. The lowest BCUT2D eigenvalue weighted by Gasteiger charge is -2.25. The van der Waals surface area contributed by atoms with E-state index < -0.39 is 38.1 Å². The molecule has 0 fully saturated rings. The summed E-state index contributed by atoms with van der Waals surface area (Å²) in [7, 11) is -0.422. The molecule has 0 spiro atoms. The van der Waals surface area contributed by atoms with Gasteiger partial charge in [-0.2, -0.15) is 0 Å². The van der Waals surface area contributed by atoms with Crippen molar-refractivity contribution in [2.75, 3.05) is 13.7 Å². The molecule has 0 radical (unpaired) electrons. The molecule has 5 heteroatoms. The number of aliphatic hydroxyl groups excluding tert-OH is 4. The van der Waals surface area contributed by atoms with Gasteiger partial charge in [0.15, 0.2) is 0 Å². The molecule has 0 saturated carbocycles. The summed E-state index contributed by atoms with van der Waals surface area (Å²) in [5.74, 6) is 0. The van der Waals surface area contributed by atoms with Gasteiger partial charge in [0.1, 0.15) is 18.3 Å². The van der Waals surface area contributed by atoms with E-state index in [1.54, 1.807) is 0 Å². The fraction of sp³-hybridized carbons (Fsp3) is 1.00. The molecule has 0 saturated heterocycles. The second-order valence-electron chi connectivity index (χ2n) is 2.61. The SMILES string of the molecule is [2H]CO[C@H](CO)[C@H](O)[C@H](O)[C@H](C)O. The molecule has 0 aromatic heterocycles. The van der Waals surface area contributed by atoms with Gasteiger partial charge in [0.2, 0.25) is 0 Å². The zero-order valence-corrected chi connectivity index (χ0v) is 6.92. The molecular formula is C7H16O5. The fourth-order valence-electron chi connectivity index (χ4n) is 0.765. The molecule has 74 valence electrons. The van der Waals surface area contributed by atoms with Gasteiger partial charge in [-0.3, -0.25) is 0 Å². The van der Waals surface area contributed by atoms with E-state index in [0.29, 0.717) is 0 Å². The van der Waals surface area contributed by atoms with Crippen LogP contribution in [0.2, 0.25) is 0 Å². The Balaban J connectivity index is 4.10. The first-order valence-electron chi connectivity index (χ1n) is 4.31. The van der Waals surface area contributed by atoms with Crippen LogP contribution < -0.4 is 0 Å². The maximum absolute atomic E-state index is 9.30. The van der Waals surface area contributed by atoms with E-state index in [1.165, 1.54) is 6.92 Å². The van der Waals surface area contributed by atoms with Gasteiger partial charge in [-0.1, -0.05) is 0 Å². The summed E-state index contributed by atoms with van der Waals surface area (Å²) >= 11 is 0. The van der Waals surface area contributed by atoms with Gasteiger partial charge >= 0.3 is 0 Å². The van der Waals surface area contributed by atoms with Gasteiger partial charge in [0.05, 0.1) is 14.1 Å². The fourth-order valence-corrected chi connectivity index (χ4v) is 0.765. The molecule has 0 aliphatic rings. The average molecular weight is 181 g/mol. The van der Waals surface area contributed by atoms with Crippen LogP contribution in [0.4, 0.5) is 0 Å². The maximum atomic E-state index is 9.30. The second-order valence-corrected chi connectivity index (χ2v) is 2.61. The highest BCUT2D eigenvalue weighted by Gasteiger charge is 2.28. The Morgan fingerprint density at radius 3 is 2.25 bits per heavy atom. The Morgan fingerprint density at radius 1 is 1.33 bits per heavy atom. The molecule has 0 bridgehead atoms. The summed E-state index contributed by atoms with van der Waals surface area (Å²) in [5, 5.41) is 36.1. The molecule has 0 aliphatic heterocycles. The van der Waals surface area contributed by atoms with Crippen molar-refractivity contribution in [2.24, 2.45) is 0 Å². The van der Waals surface area contributed by atoms with Gasteiger partial charge in [-0.25, -0.2) is 0 Å². The Morgan fingerprint density at radius 2 is 1.92 bits per heavy atom. The molecule has 0 aliphatic carbocycles. The summed E-state index contributed by atoms with van der Waals surface area (Å²) in [6.07, 6.45) is -4.93. The van der Waals surface area contributed by atoms with E-state index in [9.17, 15) is 10.2 Å². The third-order valence-corrected chi connectivity index (χ3v) is 1.62. The normalized spacial score (nSPS) is 22.6. The molecule has 4 N–H and O–H groups in total. The van der Waals surface area contributed by atoms with Gasteiger partial charge < -0.3 is 25.2 Å². The van der Waals surface area contributed by atoms with Crippen LogP contribution in [0.1, 0.15) is 8.29 Å². The summed E-state index contributed by atoms with van der Waals surface area (Å²) in [6, 6.07) is 0. The van der Waals surface area contributed by atoms with Crippen LogP contribution in [0.25, 0.3) is 0 Å². The van der Waals surface area contributed by atoms with E-state index >= 15 is 0 Å². The first kappa shape index (κ1) is 9.88. The van der Waals surface area contributed by atoms with Crippen LogP contribution in [0.15, 0.2) is 0 Å². The van der Waals surface area contributed by atoms with Gasteiger partial charge in [-0.05, 0) is 6.92 Å². The lowest BCUT2D eigenvalue weighted by molar-refractivity contribution is -0.121. The smallest absolute Gasteiger partial charge is 0.111 e. The van der Waals surface area contributed by atoms with Crippen molar-refractivity contribution in [1.82, 2.24) is 0 Å². The second kappa shape index (κ2) is 5.45. The largest absolute Gasteiger partial charge is 0.394 e. The molecule has 0 unspecified atom stereocenters. The highest BCUT2D eigenvalue weighted by molar-refractivity contribution is 4.79. The van der Waals surface area contributed by atoms with E-state index in [4.69, 9.17) is 11.6 Å². The molecule has 4 atom stereocenters. The number of hydrogen-bond acceptors (Lipinski definition) is 5. The van der Waals surface area contributed by atoms with Crippen molar-refractivity contribution in [3.05, 3.63) is 0 Å². The van der Waals surface area contributed by atoms with Crippen LogP contribution in [0.3, 0.4) is 0 Å². The van der Waals surface area contributed by atoms with Crippen molar-refractivity contribution in [2.45, 2.75) is 31.3 Å².